The third-order valence-electron chi connectivity index (χ3n) is 2.66. The lowest BCUT2D eigenvalue weighted by molar-refractivity contribution is -0.189. The van der Waals surface area contributed by atoms with Crippen molar-refractivity contribution < 1.29 is 13.2 Å². The number of hydrogen-bond donors (Lipinski definition) is 1. The molecular weight excluding hydrogens is 276 g/mol. The van der Waals surface area contributed by atoms with E-state index >= 15 is 0 Å². The van der Waals surface area contributed by atoms with E-state index in [9.17, 15) is 13.2 Å². The van der Waals surface area contributed by atoms with Crippen molar-refractivity contribution in [3.63, 3.8) is 0 Å². The molecule has 0 unspecified atom stereocenters. The van der Waals surface area contributed by atoms with Gasteiger partial charge in [0.05, 0.1) is 0 Å². The molecule has 0 bridgehead atoms. The van der Waals surface area contributed by atoms with Gasteiger partial charge >= 0.3 is 6.18 Å². The van der Waals surface area contributed by atoms with Crippen molar-refractivity contribution in [1.82, 2.24) is 10.2 Å². The minimum atomic E-state index is -4.10. The van der Waals surface area contributed by atoms with Crippen molar-refractivity contribution in [2.45, 2.75) is 32.5 Å². The monoisotopic (exact) mass is 296 g/mol. The highest BCUT2D eigenvalue weighted by atomic mass is 35.5. The van der Waals surface area contributed by atoms with Crippen LogP contribution in [0.2, 0.25) is 0 Å². The van der Waals surface area contributed by atoms with Crippen molar-refractivity contribution >= 4 is 24.8 Å². The molecule has 1 atom stereocenters. The summed E-state index contributed by atoms with van der Waals surface area (Å²) in [7, 11) is 0. The van der Waals surface area contributed by atoms with Crippen LogP contribution in [0.15, 0.2) is 0 Å². The number of piperazine rings is 1. The first-order chi connectivity index (χ1) is 6.91. The first-order valence-electron chi connectivity index (χ1n) is 5.42. The second kappa shape index (κ2) is 8.40. The first-order valence-corrected chi connectivity index (χ1v) is 5.42. The van der Waals surface area contributed by atoms with Crippen molar-refractivity contribution in [2.24, 2.45) is 5.92 Å². The third kappa shape index (κ3) is 6.70. The molecule has 1 rings (SSSR count). The van der Waals surface area contributed by atoms with Gasteiger partial charge in [0.2, 0.25) is 0 Å². The Hall–Kier alpha value is 0.290. The molecule has 1 aliphatic heterocycles. The molecule has 7 heteroatoms. The highest BCUT2D eigenvalue weighted by Crippen LogP contribution is 2.29. The van der Waals surface area contributed by atoms with Gasteiger partial charge in [-0.05, 0) is 12.3 Å². The summed E-state index contributed by atoms with van der Waals surface area (Å²) in [5.74, 6) is 0.0755. The van der Waals surface area contributed by atoms with Crippen LogP contribution in [-0.2, 0) is 0 Å². The van der Waals surface area contributed by atoms with Crippen LogP contribution in [0.4, 0.5) is 13.2 Å². The second-order valence-electron chi connectivity index (χ2n) is 4.47. The number of rotatable bonds is 3. The molecule has 0 amide bonds. The van der Waals surface area contributed by atoms with E-state index < -0.39 is 12.2 Å². The lowest BCUT2D eigenvalue weighted by atomic mass is 10.0. The Labute approximate surface area is 113 Å². The van der Waals surface area contributed by atoms with Crippen molar-refractivity contribution in [3.8, 4) is 0 Å². The van der Waals surface area contributed by atoms with Crippen LogP contribution in [0.1, 0.15) is 20.3 Å². The fraction of sp³-hybridized carbons (Fsp3) is 1.00. The van der Waals surface area contributed by atoms with Gasteiger partial charge in [-0.25, -0.2) is 0 Å². The zero-order valence-corrected chi connectivity index (χ0v) is 11.7. The van der Waals surface area contributed by atoms with Crippen LogP contribution in [0.5, 0.6) is 0 Å². The van der Waals surface area contributed by atoms with Crippen LogP contribution in [0.3, 0.4) is 0 Å². The van der Waals surface area contributed by atoms with Crippen LogP contribution in [0, 0.1) is 5.92 Å². The minimum Gasteiger partial charge on any atom is -0.314 e. The lowest BCUT2D eigenvalue weighted by Crippen LogP contribution is -2.54. The summed E-state index contributed by atoms with van der Waals surface area (Å²) in [4.78, 5) is 1.55. The van der Waals surface area contributed by atoms with Crippen LogP contribution in [0.25, 0.3) is 0 Å². The van der Waals surface area contributed by atoms with Crippen molar-refractivity contribution in [2.75, 3.05) is 26.2 Å². The highest BCUT2D eigenvalue weighted by molar-refractivity contribution is 5.85. The van der Waals surface area contributed by atoms with E-state index in [1.54, 1.807) is 4.90 Å². The molecule has 1 N–H and O–H groups in total. The molecule has 0 saturated carbocycles. The Morgan fingerprint density at radius 3 is 1.94 bits per heavy atom. The van der Waals surface area contributed by atoms with Crippen molar-refractivity contribution in [3.05, 3.63) is 0 Å². The number of nitrogens with one attached hydrogen (secondary N) is 1. The Kier molecular flexibility index (Phi) is 9.70. The number of hydrogen-bond acceptors (Lipinski definition) is 2. The third-order valence-corrected chi connectivity index (χ3v) is 2.66. The number of halogens is 5. The molecule has 1 heterocycles. The topological polar surface area (TPSA) is 15.3 Å². The minimum absolute atomic E-state index is 0. The van der Waals surface area contributed by atoms with Gasteiger partial charge in [0.1, 0.15) is 6.04 Å². The predicted octanol–water partition coefficient (Wildman–Crippen LogP) is 2.71. The van der Waals surface area contributed by atoms with Gasteiger partial charge in [0.15, 0.2) is 0 Å². The summed E-state index contributed by atoms with van der Waals surface area (Å²) >= 11 is 0. The summed E-state index contributed by atoms with van der Waals surface area (Å²) in [6.07, 6.45) is -3.90. The Morgan fingerprint density at radius 1 is 1.12 bits per heavy atom. The molecule has 0 spiro atoms. The molecule has 0 aromatic rings. The summed E-state index contributed by atoms with van der Waals surface area (Å²) in [6, 6.07) is -1.26. The Balaban J connectivity index is 0. The molecule has 0 aromatic heterocycles. The zero-order chi connectivity index (χ0) is 11.5. The standard InChI is InChI=1S/C10H19F3N2.2ClH/c1-8(2)7-9(10(11,12)13)15-5-3-14-4-6-15;;/h8-9,14H,3-7H2,1-2H3;2*1H/t9-;;/m0../s1. The zero-order valence-electron chi connectivity index (χ0n) is 10.1. The number of alkyl halides is 3. The fourth-order valence-electron chi connectivity index (χ4n) is 1.93. The first kappa shape index (κ1) is 19.6. The molecule has 106 valence electrons. The Bertz CT molecular complexity index is 194. The van der Waals surface area contributed by atoms with E-state index in [0.717, 1.165) is 0 Å². The van der Waals surface area contributed by atoms with Gasteiger partial charge in [-0.1, -0.05) is 13.8 Å². The molecule has 1 saturated heterocycles. The summed E-state index contributed by atoms with van der Waals surface area (Å²) in [5, 5.41) is 3.07. The van der Waals surface area contributed by atoms with Gasteiger partial charge < -0.3 is 5.32 Å². The van der Waals surface area contributed by atoms with Gasteiger partial charge in [0, 0.05) is 26.2 Å². The number of nitrogens with zero attached hydrogens (tertiary/aromatic N) is 1. The molecule has 0 aromatic carbocycles. The van der Waals surface area contributed by atoms with Gasteiger partial charge in [-0.3, -0.25) is 4.90 Å². The summed E-state index contributed by atoms with van der Waals surface area (Å²) in [6.45, 7) is 5.98. The maximum atomic E-state index is 12.8. The fourth-order valence-corrected chi connectivity index (χ4v) is 1.93. The largest absolute Gasteiger partial charge is 0.404 e. The van der Waals surface area contributed by atoms with E-state index in [0.29, 0.717) is 26.2 Å². The van der Waals surface area contributed by atoms with Crippen molar-refractivity contribution in [1.29, 1.82) is 0 Å². The second-order valence-corrected chi connectivity index (χ2v) is 4.47. The Morgan fingerprint density at radius 2 is 1.59 bits per heavy atom. The molecule has 0 aliphatic carbocycles. The van der Waals surface area contributed by atoms with E-state index in [1.807, 2.05) is 13.8 Å². The average Bonchev–Trinajstić information content (AvgIpc) is 2.14. The maximum absolute atomic E-state index is 12.8. The normalized spacial score (nSPS) is 19.4. The van der Waals surface area contributed by atoms with E-state index in [-0.39, 0.29) is 37.2 Å². The van der Waals surface area contributed by atoms with E-state index in [2.05, 4.69) is 5.32 Å². The quantitative estimate of drug-likeness (QED) is 0.861. The summed E-state index contributed by atoms with van der Waals surface area (Å²) < 4.78 is 38.4. The summed E-state index contributed by atoms with van der Waals surface area (Å²) in [5.41, 5.74) is 0. The molecule has 2 nitrogen and oxygen atoms in total. The van der Waals surface area contributed by atoms with E-state index in [1.165, 1.54) is 0 Å². The van der Waals surface area contributed by atoms with Crippen LogP contribution in [-0.4, -0.2) is 43.3 Å². The van der Waals surface area contributed by atoms with Gasteiger partial charge in [-0.2, -0.15) is 13.2 Å². The molecule has 0 radical (unpaired) electrons. The molecule has 1 aliphatic rings. The SMILES string of the molecule is CC(C)C[C@H](N1CCNCC1)C(F)(F)F.Cl.Cl. The molecular formula is C10H21Cl2F3N2. The van der Waals surface area contributed by atoms with Gasteiger partial charge in [0.25, 0.3) is 0 Å². The molecule has 1 fully saturated rings. The van der Waals surface area contributed by atoms with Crippen LogP contribution >= 0.6 is 24.8 Å². The predicted molar refractivity (Wildman–Crippen MR) is 68.2 cm³/mol. The van der Waals surface area contributed by atoms with Gasteiger partial charge in [-0.15, -0.1) is 24.8 Å². The average molecular weight is 297 g/mol. The molecule has 17 heavy (non-hydrogen) atoms. The smallest absolute Gasteiger partial charge is 0.314 e. The maximum Gasteiger partial charge on any atom is 0.404 e. The van der Waals surface area contributed by atoms with Crippen LogP contribution < -0.4 is 5.32 Å². The highest BCUT2D eigenvalue weighted by Gasteiger charge is 2.43. The lowest BCUT2D eigenvalue weighted by Gasteiger charge is -2.36. The van der Waals surface area contributed by atoms with E-state index in [4.69, 9.17) is 0 Å².